The Kier molecular flexibility index (Phi) is 5.80. The van der Waals surface area contributed by atoms with E-state index in [4.69, 9.17) is 4.74 Å². The maximum atomic E-state index is 5.84. The molecule has 5 heteroatoms. The van der Waals surface area contributed by atoms with Gasteiger partial charge < -0.3 is 15.4 Å². The molecule has 1 aromatic carbocycles. The molecule has 1 aromatic heterocycles. The molecule has 0 saturated carbocycles. The highest BCUT2D eigenvalue weighted by Crippen LogP contribution is 2.19. The summed E-state index contributed by atoms with van der Waals surface area (Å²) in [4.78, 5) is 8.89. The van der Waals surface area contributed by atoms with E-state index in [0.29, 0.717) is 11.7 Å². The van der Waals surface area contributed by atoms with Crippen LogP contribution >= 0.6 is 0 Å². The van der Waals surface area contributed by atoms with E-state index >= 15 is 0 Å². The van der Waals surface area contributed by atoms with Gasteiger partial charge in [0.2, 0.25) is 0 Å². The van der Waals surface area contributed by atoms with Gasteiger partial charge in [0, 0.05) is 12.1 Å². The van der Waals surface area contributed by atoms with Gasteiger partial charge in [-0.2, -0.15) is 0 Å². The second kappa shape index (κ2) is 8.45. The van der Waals surface area contributed by atoms with Crippen molar-refractivity contribution in [2.45, 2.75) is 19.4 Å². The molecule has 0 amide bonds. The Bertz CT molecular complexity index is 651. The van der Waals surface area contributed by atoms with E-state index in [9.17, 15) is 0 Å². The van der Waals surface area contributed by atoms with Gasteiger partial charge in [-0.15, -0.1) is 0 Å². The van der Waals surface area contributed by atoms with Crippen LogP contribution in [0.2, 0.25) is 0 Å². The Morgan fingerprint density at radius 3 is 2.79 bits per heavy atom. The van der Waals surface area contributed by atoms with E-state index in [2.05, 4.69) is 39.3 Å². The number of hydrogen-bond acceptors (Lipinski definition) is 5. The molecular weight excluding hydrogens is 300 g/mol. The first-order valence-electron chi connectivity index (χ1n) is 8.44. The summed E-state index contributed by atoms with van der Waals surface area (Å²) in [7, 11) is 0. The SMILES string of the molecule is C=CNCc1cccc(-c2ncc(OCC3CCNCC3)cn2)c1. The van der Waals surface area contributed by atoms with Crippen molar-refractivity contribution in [3.8, 4) is 17.1 Å². The maximum Gasteiger partial charge on any atom is 0.159 e. The third-order valence-electron chi connectivity index (χ3n) is 4.21. The molecule has 0 bridgehead atoms. The summed E-state index contributed by atoms with van der Waals surface area (Å²) in [5.41, 5.74) is 2.17. The Balaban J connectivity index is 1.60. The quantitative estimate of drug-likeness (QED) is 0.820. The number of nitrogens with one attached hydrogen (secondary N) is 2. The van der Waals surface area contributed by atoms with E-state index in [1.165, 1.54) is 18.4 Å². The zero-order valence-electron chi connectivity index (χ0n) is 13.9. The third kappa shape index (κ3) is 4.55. The second-order valence-corrected chi connectivity index (χ2v) is 6.03. The van der Waals surface area contributed by atoms with Crippen molar-refractivity contribution >= 4 is 0 Å². The largest absolute Gasteiger partial charge is 0.490 e. The van der Waals surface area contributed by atoms with Crippen LogP contribution in [0.3, 0.4) is 0 Å². The zero-order chi connectivity index (χ0) is 16.6. The van der Waals surface area contributed by atoms with Crippen LogP contribution in [0.5, 0.6) is 5.75 Å². The first-order valence-corrected chi connectivity index (χ1v) is 8.44. The number of hydrogen-bond donors (Lipinski definition) is 2. The van der Waals surface area contributed by atoms with Crippen LogP contribution in [0.1, 0.15) is 18.4 Å². The van der Waals surface area contributed by atoms with Gasteiger partial charge in [-0.3, -0.25) is 0 Å². The smallest absolute Gasteiger partial charge is 0.159 e. The van der Waals surface area contributed by atoms with E-state index in [0.717, 1.165) is 37.6 Å². The summed E-state index contributed by atoms with van der Waals surface area (Å²) in [5.74, 6) is 2.08. The van der Waals surface area contributed by atoms with Crippen LogP contribution in [0.15, 0.2) is 49.4 Å². The summed E-state index contributed by atoms with van der Waals surface area (Å²) in [5, 5.41) is 6.46. The molecule has 0 spiro atoms. The molecule has 0 aliphatic carbocycles. The van der Waals surface area contributed by atoms with E-state index in [-0.39, 0.29) is 0 Å². The number of benzene rings is 1. The Hall–Kier alpha value is -2.40. The van der Waals surface area contributed by atoms with Crippen molar-refractivity contribution in [1.82, 2.24) is 20.6 Å². The molecule has 0 atom stereocenters. The molecular formula is C19H24N4O. The lowest BCUT2D eigenvalue weighted by Crippen LogP contribution is -2.30. The summed E-state index contributed by atoms with van der Waals surface area (Å²) in [6, 6.07) is 8.18. The van der Waals surface area contributed by atoms with Gasteiger partial charge in [-0.25, -0.2) is 9.97 Å². The van der Waals surface area contributed by atoms with Crippen molar-refractivity contribution in [2.75, 3.05) is 19.7 Å². The highest BCUT2D eigenvalue weighted by molar-refractivity contribution is 5.56. The molecule has 1 fully saturated rings. The van der Waals surface area contributed by atoms with Crippen LogP contribution in [-0.2, 0) is 6.54 Å². The van der Waals surface area contributed by atoms with Crippen molar-refractivity contribution in [3.05, 3.63) is 55.0 Å². The van der Waals surface area contributed by atoms with Crippen LogP contribution in [0, 0.1) is 5.92 Å². The van der Waals surface area contributed by atoms with Gasteiger partial charge in [0.1, 0.15) is 0 Å². The fourth-order valence-electron chi connectivity index (χ4n) is 2.81. The molecule has 2 N–H and O–H groups in total. The van der Waals surface area contributed by atoms with Crippen molar-refractivity contribution in [2.24, 2.45) is 5.92 Å². The van der Waals surface area contributed by atoms with Crippen molar-refractivity contribution < 1.29 is 4.74 Å². The summed E-state index contributed by atoms with van der Waals surface area (Å²) >= 11 is 0. The average molecular weight is 324 g/mol. The minimum absolute atomic E-state index is 0.625. The van der Waals surface area contributed by atoms with E-state index in [1.54, 1.807) is 18.6 Å². The second-order valence-electron chi connectivity index (χ2n) is 6.03. The standard InChI is InChI=1S/C19H24N4O/c1-2-20-11-16-4-3-5-17(10-16)19-22-12-18(13-23-19)24-14-15-6-8-21-9-7-15/h2-5,10,12-13,15,20-21H,1,6-9,11,14H2. The molecule has 1 aliphatic rings. The molecule has 24 heavy (non-hydrogen) atoms. The predicted octanol–water partition coefficient (Wildman–Crippen LogP) is 2.76. The first kappa shape index (κ1) is 16.5. The topological polar surface area (TPSA) is 59.1 Å². The van der Waals surface area contributed by atoms with Crippen molar-refractivity contribution in [1.29, 1.82) is 0 Å². The van der Waals surface area contributed by atoms with Gasteiger partial charge in [-0.05, 0) is 49.7 Å². The van der Waals surface area contributed by atoms with Gasteiger partial charge >= 0.3 is 0 Å². The molecule has 3 rings (SSSR count). The van der Waals surface area contributed by atoms with Crippen LogP contribution in [0.25, 0.3) is 11.4 Å². The normalized spacial score (nSPS) is 15.0. The minimum Gasteiger partial charge on any atom is -0.490 e. The lowest BCUT2D eigenvalue weighted by atomic mass is 9.99. The lowest BCUT2D eigenvalue weighted by molar-refractivity contribution is 0.214. The van der Waals surface area contributed by atoms with Gasteiger partial charge in [0.15, 0.2) is 11.6 Å². The number of nitrogens with zero attached hydrogens (tertiary/aromatic N) is 2. The maximum absolute atomic E-state index is 5.84. The number of rotatable bonds is 7. The summed E-state index contributed by atoms with van der Waals surface area (Å²) in [6.45, 7) is 7.32. The Morgan fingerprint density at radius 2 is 2.04 bits per heavy atom. The fraction of sp³-hybridized carbons (Fsp3) is 0.368. The van der Waals surface area contributed by atoms with Crippen LogP contribution < -0.4 is 15.4 Å². The summed E-state index contributed by atoms with van der Waals surface area (Å²) in [6.07, 6.45) is 7.56. The number of aromatic nitrogens is 2. The molecule has 5 nitrogen and oxygen atoms in total. The molecule has 1 saturated heterocycles. The highest BCUT2D eigenvalue weighted by Gasteiger charge is 2.13. The predicted molar refractivity (Wildman–Crippen MR) is 95.6 cm³/mol. The fourth-order valence-corrected chi connectivity index (χ4v) is 2.81. The third-order valence-corrected chi connectivity index (χ3v) is 4.21. The van der Waals surface area contributed by atoms with Gasteiger partial charge in [0.25, 0.3) is 0 Å². The first-order chi connectivity index (χ1) is 11.8. The summed E-state index contributed by atoms with van der Waals surface area (Å²) < 4.78 is 5.84. The van der Waals surface area contributed by atoms with Crippen molar-refractivity contribution in [3.63, 3.8) is 0 Å². The number of piperidine rings is 1. The molecule has 126 valence electrons. The molecule has 2 heterocycles. The van der Waals surface area contributed by atoms with Crippen LogP contribution in [-0.4, -0.2) is 29.7 Å². The highest BCUT2D eigenvalue weighted by atomic mass is 16.5. The van der Waals surface area contributed by atoms with Gasteiger partial charge in [0.05, 0.1) is 19.0 Å². The zero-order valence-corrected chi connectivity index (χ0v) is 13.9. The Labute approximate surface area is 143 Å². The number of ether oxygens (including phenoxy) is 1. The molecule has 2 aromatic rings. The van der Waals surface area contributed by atoms with Crippen LogP contribution in [0.4, 0.5) is 0 Å². The monoisotopic (exact) mass is 324 g/mol. The van der Waals surface area contributed by atoms with E-state index in [1.807, 2.05) is 12.1 Å². The molecule has 0 unspecified atom stereocenters. The minimum atomic E-state index is 0.625. The van der Waals surface area contributed by atoms with Gasteiger partial charge in [-0.1, -0.05) is 24.8 Å². The Morgan fingerprint density at radius 1 is 1.25 bits per heavy atom. The van der Waals surface area contributed by atoms with E-state index < -0.39 is 0 Å². The average Bonchev–Trinajstić information content (AvgIpc) is 2.66. The molecule has 0 radical (unpaired) electrons. The molecule has 1 aliphatic heterocycles. The lowest BCUT2D eigenvalue weighted by Gasteiger charge is -2.22.